The molecule has 0 aliphatic heterocycles. The molecule has 0 unspecified atom stereocenters. The number of ether oxygens (including phenoxy) is 1. The lowest BCUT2D eigenvalue weighted by atomic mass is 10.1. The van der Waals surface area contributed by atoms with Crippen LogP contribution in [0.4, 0.5) is 13.2 Å². The molecule has 0 N–H and O–H groups in total. The van der Waals surface area contributed by atoms with E-state index in [1.807, 2.05) is 6.92 Å². The van der Waals surface area contributed by atoms with Gasteiger partial charge in [0.05, 0.1) is 0 Å². The van der Waals surface area contributed by atoms with Crippen molar-refractivity contribution in [3.05, 3.63) is 64.9 Å². The minimum absolute atomic E-state index is 0.0284. The zero-order valence-electron chi connectivity index (χ0n) is 11.4. The highest BCUT2D eigenvalue weighted by atomic mass is 32.1. The van der Waals surface area contributed by atoms with Gasteiger partial charge < -0.3 is 4.74 Å². The maximum Gasteiger partial charge on any atom is 0.278 e. The van der Waals surface area contributed by atoms with Crippen LogP contribution in [0.5, 0.6) is 10.9 Å². The first-order valence-electron chi connectivity index (χ1n) is 6.38. The maximum absolute atomic E-state index is 14.1. The zero-order chi connectivity index (χ0) is 15.7. The number of benzene rings is 2. The van der Waals surface area contributed by atoms with E-state index in [9.17, 15) is 13.2 Å². The normalized spacial score (nSPS) is 10.7. The average Bonchev–Trinajstić information content (AvgIpc) is 2.89. The summed E-state index contributed by atoms with van der Waals surface area (Å²) in [6.07, 6.45) is 1.63. The second-order valence-electron chi connectivity index (χ2n) is 4.61. The summed E-state index contributed by atoms with van der Waals surface area (Å²) in [6.45, 7) is 1.87. The van der Waals surface area contributed by atoms with Crippen molar-refractivity contribution in [2.45, 2.75) is 6.92 Å². The van der Waals surface area contributed by atoms with E-state index in [2.05, 4.69) is 4.98 Å². The van der Waals surface area contributed by atoms with Crippen molar-refractivity contribution < 1.29 is 17.9 Å². The first-order valence-corrected chi connectivity index (χ1v) is 7.20. The molecule has 0 aliphatic rings. The van der Waals surface area contributed by atoms with Crippen molar-refractivity contribution in [2.75, 3.05) is 0 Å². The van der Waals surface area contributed by atoms with Gasteiger partial charge in [0.1, 0.15) is 0 Å². The smallest absolute Gasteiger partial charge is 0.278 e. The molecule has 22 heavy (non-hydrogen) atoms. The van der Waals surface area contributed by atoms with Gasteiger partial charge in [0.25, 0.3) is 5.19 Å². The number of aryl methyl sites for hydroxylation is 1. The van der Waals surface area contributed by atoms with Gasteiger partial charge in [-0.25, -0.2) is 18.2 Å². The monoisotopic (exact) mass is 321 g/mol. The molecule has 0 bridgehead atoms. The minimum Gasteiger partial charge on any atom is -0.428 e. The van der Waals surface area contributed by atoms with Crippen molar-refractivity contribution in [3.63, 3.8) is 0 Å². The highest BCUT2D eigenvalue weighted by Gasteiger charge is 2.11. The second-order valence-corrected chi connectivity index (χ2v) is 5.81. The van der Waals surface area contributed by atoms with Crippen LogP contribution in [0.2, 0.25) is 0 Å². The van der Waals surface area contributed by atoms with Crippen molar-refractivity contribution in [1.29, 1.82) is 0 Å². The van der Waals surface area contributed by atoms with Crippen molar-refractivity contribution in [3.8, 4) is 22.1 Å². The first kappa shape index (κ1) is 14.6. The van der Waals surface area contributed by atoms with Gasteiger partial charge in [-0.15, -0.1) is 0 Å². The van der Waals surface area contributed by atoms with Gasteiger partial charge in [0.15, 0.2) is 23.2 Å². The summed E-state index contributed by atoms with van der Waals surface area (Å²) in [5.74, 6) is -2.49. The van der Waals surface area contributed by atoms with Crippen LogP contribution in [-0.4, -0.2) is 4.98 Å². The molecule has 0 aliphatic carbocycles. The number of hydrogen-bond acceptors (Lipinski definition) is 3. The third-order valence-electron chi connectivity index (χ3n) is 2.98. The minimum atomic E-state index is -0.975. The lowest BCUT2D eigenvalue weighted by Gasteiger charge is -2.07. The van der Waals surface area contributed by atoms with Crippen LogP contribution < -0.4 is 4.74 Å². The average molecular weight is 321 g/mol. The van der Waals surface area contributed by atoms with E-state index >= 15 is 0 Å². The third-order valence-corrected chi connectivity index (χ3v) is 3.77. The fourth-order valence-electron chi connectivity index (χ4n) is 1.91. The number of nitrogens with zero attached hydrogens (tertiary/aromatic N) is 1. The number of hydrogen-bond donors (Lipinski definition) is 0. The Bertz CT molecular complexity index is 832. The zero-order valence-corrected chi connectivity index (χ0v) is 12.3. The first-order chi connectivity index (χ1) is 10.5. The van der Waals surface area contributed by atoms with Crippen LogP contribution in [0.15, 0.2) is 42.6 Å². The van der Waals surface area contributed by atoms with Gasteiger partial charge in [-0.2, -0.15) is 0 Å². The molecule has 0 saturated carbocycles. The standard InChI is InChI=1S/C16H10F3NOS/c1-9-8-20-16(22-9)21-15-5-3-11(7-14(15)19)10-2-4-12(17)13(18)6-10/h2-8H,1H3. The molecule has 0 atom stereocenters. The van der Waals surface area contributed by atoms with E-state index in [0.717, 1.165) is 17.0 Å². The fraction of sp³-hybridized carbons (Fsp3) is 0.0625. The Labute approximate surface area is 128 Å². The molecule has 2 nitrogen and oxygen atoms in total. The van der Waals surface area contributed by atoms with Crippen molar-refractivity contribution >= 4 is 11.3 Å². The number of aromatic nitrogens is 1. The molecular weight excluding hydrogens is 311 g/mol. The lowest BCUT2D eigenvalue weighted by molar-refractivity contribution is 0.440. The van der Waals surface area contributed by atoms with Crippen LogP contribution >= 0.6 is 11.3 Å². The topological polar surface area (TPSA) is 22.1 Å². The highest BCUT2D eigenvalue weighted by Crippen LogP contribution is 2.31. The maximum atomic E-state index is 14.1. The molecular formula is C16H10F3NOS. The van der Waals surface area contributed by atoms with Gasteiger partial charge >= 0.3 is 0 Å². The molecule has 0 fully saturated rings. The third kappa shape index (κ3) is 2.96. The van der Waals surface area contributed by atoms with E-state index in [1.165, 1.54) is 29.5 Å². The highest BCUT2D eigenvalue weighted by molar-refractivity contribution is 7.13. The SMILES string of the molecule is Cc1cnc(Oc2ccc(-c3ccc(F)c(F)c3)cc2F)s1. The Hall–Kier alpha value is -2.34. The van der Waals surface area contributed by atoms with E-state index in [-0.39, 0.29) is 5.75 Å². The molecule has 1 heterocycles. The van der Waals surface area contributed by atoms with Gasteiger partial charge in [0, 0.05) is 11.1 Å². The Morgan fingerprint density at radius 2 is 1.59 bits per heavy atom. The Balaban J connectivity index is 1.89. The summed E-state index contributed by atoms with van der Waals surface area (Å²) in [4.78, 5) is 4.95. The van der Waals surface area contributed by atoms with Gasteiger partial charge in [-0.3, -0.25) is 0 Å². The predicted octanol–water partition coefficient (Wildman–Crippen LogP) is 5.33. The summed E-state index contributed by atoms with van der Waals surface area (Å²) in [5.41, 5.74) is 0.813. The van der Waals surface area contributed by atoms with Gasteiger partial charge in [-0.1, -0.05) is 23.5 Å². The van der Waals surface area contributed by atoms with E-state index in [0.29, 0.717) is 16.3 Å². The van der Waals surface area contributed by atoms with Crippen molar-refractivity contribution in [1.82, 2.24) is 4.98 Å². The molecule has 6 heteroatoms. The summed E-state index contributed by atoms with van der Waals surface area (Å²) >= 11 is 1.30. The molecule has 112 valence electrons. The molecule has 1 aromatic heterocycles. The van der Waals surface area contributed by atoms with Crippen LogP contribution in [0.1, 0.15) is 4.88 Å². The molecule has 0 saturated heterocycles. The molecule has 3 aromatic rings. The molecule has 0 amide bonds. The van der Waals surface area contributed by atoms with Crippen LogP contribution in [0, 0.1) is 24.4 Å². The number of halogens is 3. The van der Waals surface area contributed by atoms with E-state index < -0.39 is 17.5 Å². The molecule has 2 aromatic carbocycles. The molecule has 3 rings (SSSR count). The Kier molecular flexibility index (Phi) is 3.85. The number of thiazole rings is 1. The predicted molar refractivity (Wildman–Crippen MR) is 78.7 cm³/mol. The molecule has 0 spiro atoms. The van der Waals surface area contributed by atoms with E-state index in [4.69, 9.17) is 4.74 Å². The Morgan fingerprint density at radius 3 is 2.18 bits per heavy atom. The summed E-state index contributed by atoms with van der Waals surface area (Å²) in [7, 11) is 0. The van der Waals surface area contributed by atoms with Crippen LogP contribution in [-0.2, 0) is 0 Å². The summed E-state index contributed by atoms with van der Waals surface area (Å²) in [5, 5.41) is 0.344. The summed E-state index contributed by atoms with van der Waals surface area (Å²) < 4.78 is 45.6. The quantitative estimate of drug-likeness (QED) is 0.650. The van der Waals surface area contributed by atoms with E-state index in [1.54, 1.807) is 12.3 Å². The van der Waals surface area contributed by atoms with Gasteiger partial charge in [0.2, 0.25) is 0 Å². The van der Waals surface area contributed by atoms with Crippen molar-refractivity contribution in [2.24, 2.45) is 0 Å². The molecule has 0 radical (unpaired) electrons. The fourth-order valence-corrected chi connectivity index (χ4v) is 2.53. The Morgan fingerprint density at radius 1 is 0.909 bits per heavy atom. The largest absolute Gasteiger partial charge is 0.428 e. The van der Waals surface area contributed by atoms with Crippen LogP contribution in [0.25, 0.3) is 11.1 Å². The van der Waals surface area contributed by atoms with Gasteiger partial charge in [-0.05, 0) is 42.3 Å². The second kappa shape index (κ2) is 5.81. The number of rotatable bonds is 3. The lowest BCUT2D eigenvalue weighted by Crippen LogP contribution is -1.90. The van der Waals surface area contributed by atoms with Crippen LogP contribution in [0.3, 0.4) is 0 Å². The summed E-state index contributed by atoms with van der Waals surface area (Å²) in [6, 6.07) is 7.63.